The number of aryl methyl sites for hydroxylation is 2. The Labute approximate surface area is 79.7 Å². The summed E-state index contributed by atoms with van der Waals surface area (Å²) in [5, 5.41) is 24.9. The van der Waals surface area contributed by atoms with Crippen LogP contribution in [0, 0.1) is 0 Å². The first-order chi connectivity index (χ1) is 6.95. The van der Waals surface area contributed by atoms with Gasteiger partial charge in [-0.05, 0) is 18.1 Å². The first-order valence-electron chi connectivity index (χ1n) is 4.38. The molecule has 0 aliphatic carbocycles. The van der Waals surface area contributed by atoms with Crippen LogP contribution in [-0.4, -0.2) is 40.8 Å². The lowest BCUT2D eigenvalue weighted by Crippen LogP contribution is -2.03. The molecule has 0 aliphatic rings. The number of rotatable bonds is 5. The van der Waals surface area contributed by atoms with Gasteiger partial charge in [0.1, 0.15) is 0 Å². The fraction of sp³-hybridized carbons (Fsp3) is 0.667. The highest BCUT2D eigenvalue weighted by atomic mass is 15.6. The second kappa shape index (κ2) is 4.40. The van der Waals surface area contributed by atoms with Gasteiger partial charge in [-0.3, -0.25) is 0 Å². The lowest BCUT2D eigenvalue weighted by Gasteiger charge is -1.96. The van der Waals surface area contributed by atoms with E-state index in [4.69, 9.17) is 0 Å². The Morgan fingerprint density at radius 3 is 3.07 bits per heavy atom. The average Bonchev–Trinajstić information content (AvgIpc) is 2.86. The second-order valence-electron chi connectivity index (χ2n) is 2.82. The number of aromatic amines is 1. The quantitative estimate of drug-likeness (QED) is 0.626. The topological polar surface area (TPSA) is 98.1 Å². The Bertz CT molecular complexity index is 302. The van der Waals surface area contributed by atoms with E-state index in [1.54, 1.807) is 4.80 Å². The predicted octanol–water partition coefficient (Wildman–Crippen LogP) is -0.791. The molecule has 8 nitrogen and oxygen atoms in total. The van der Waals surface area contributed by atoms with Crippen LogP contribution in [0.5, 0.6) is 0 Å². The third-order valence-corrected chi connectivity index (χ3v) is 1.79. The summed E-state index contributed by atoms with van der Waals surface area (Å²) in [5.74, 6) is 0.747. The number of nitrogens with one attached hydrogen (secondary N) is 1. The third-order valence-electron chi connectivity index (χ3n) is 1.79. The Morgan fingerprint density at radius 2 is 2.36 bits per heavy atom. The Hall–Kier alpha value is -1.86. The number of tetrazole rings is 2. The zero-order chi connectivity index (χ0) is 9.64. The van der Waals surface area contributed by atoms with Gasteiger partial charge in [0.25, 0.3) is 0 Å². The summed E-state index contributed by atoms with van der Waals surface area (Å²) in [6.45, 7) is 0.776. The summed E-state index contributed by atoms with van der Waals surface area (Å²) in [4.78, 5) is 1.57. The second-order valence-corrected chi connectivity index (χ2v) is 2.82. The van der Waals surface area contributed by atoms with Gasteiger partial charge in [0, 0.05) is 6.42 Å². The SMILES string of the molecule is c1nnn(CCCCc2nn[nH]n2)n1. The maximum Gasteiger partial charge on any atom is 0.174 e. The molecule has 1 N–H and O–H groups in total. The molecule has 2 heterocycles. The minimum absolute atomic E-state index is 0.747. The van der Waals surface area contributed by atoms with Crippen molar-refractivity contribution in [2.24, 2.45) is 0 Å². The van der Waals surface area contributed by atoms with E-state index >= 15 is 0 Å². The van der Waals surface area contributed by atoms with Gasteiger partial charge >= 0.3 is 0 Å². The van der Waals surface area contributed by atoms with Gasteiger partial charge in [-0.1, -0.05) is 5.21 Å². The largest absolute Gasteiger partial charge is 0.177 e. The first kappa shape index (κ1) is 8.73. The standard InChI is InChI=1S/C6H10N8/c1(3-6-9-11-12-10-6)2-4-14-8-5-7-13-14/h5H,1-4H2,(H,9,10,11,12). The number of H-pyrrole nitrogens is 1. The van der Waals surface area contributed by atoms with Crippen molar-refractivity contribution in [2.45, 2.75) is 25.8 Å². The molecule has 0 saturated carbocycles. The Kier molecular flexibility index (Phi) is 2.74. The van der Waals surface area contributed by atoms with Gasteiger partial charge in [0.15, 0.2) is 12.2 Å². The van der Waals surface area contributed by atoms with E-state index in [2.05, 4.69) is 36.0 Å². The van der Waals surface area contributed by atoms with Crippen molar-refractivity contribution in [3.05, 3.63) is 12.2 Å². The molecule has 0 amide bonds. The lowest BCUT2D eigenvalue weighted by atomic mass is 10.2. The molecule has 0 unspecified atom stereocenters. The molecule has 0 fully saturated rings. The van der Waals surface area contributed by atoms with Crippen LogP contribution >= 0.6 is 0 Å². The van der Waals surface area contributed by atoms with Gasteiger partial charge in [-0.2, -0.15) is 10.0 Å². The van der Waals surface area contributed by atoms with E-state index in [1.807, 2.05) is 0 Å². The van der Waals surface area contributed by atoms with Crippen LogP contribution in [0.15, 0.2) is 6.33 Å². The summed E-state index contributed by atoms with van der Waals surface area (Å²) in [6.07, 6.45) is 4.22. The maximum atomic E-state index is 3.90. The third kappa shape index (κ3) is 2.31. The molecule has 0 radical (unpaired) electrons. The molecule has 0 bridgehead atoms. The smallest absolute Gasteiger partial charge is 0.174 e. The van der Waals surface area contributed by atoms with E-state index in [1.165, 1.54) is 6.33 Å². The molecule has 0 aromatic carbocycles. The summed E-state index contributed by atoms with van der Waals surface area (Å²) in [6, 6.07) is 0. The van der Waals surface area contributed by atoms with Gasteiger partial charge in [-0.25, -0.2) is 0 Å². The molecule has 0 saturated heterocycles. The minimum Gasteiger partial charge on any atom is -0.177 e. The van der Waals surface area contributed by atoms with Gasteiger partial charge in [0.2, 0.25) is 0 Å². The van der Waals surface area contributed by atoms with Gasteiger partial charge in [-0.15, -0.1) is 20.4 Å². The van der Waals surface area contributed by atoms with E-state index in [-0.39, 0.29) is 0 Å². The zero-order valence-corrected chi connectivity index (χ0v) is 7.54. The molecule has 2 rings (SSSR count). The van der Waals surface area contributed by atoms with Gasteiger partial charge < -0.3 is 0 Å². The number of hydrogen-bond donors (Lipinski definition) is 1. The Morgan fingerprint density at radius 1 is 1.36 bits per heavy atom. The van der Waals surface area contributed by atoms with Crippen LogP contribution in [0.1, 0.15) is 18.7 Å². The maximum absolute atomic E-state index is 3.90. The van der Waals surface area contributed by atoms with Crippen LogP contribution in [0.4, 0.5) is 0 Å². The molecular formula is C6H10N8. The number of unbranched alkanes of at least 4 members (excludes halogenated alkanes) is 1. The fourth-order valence-electron chi connectivity index (χ4n) is 1.12. The normalized spacial score (nSPS) is 10.6. The predicted molar refractivity (Wildman–Crippen MR) is 44.9 cm³/mol. The van der Waals surface area contributed by atoms with Crippen LogP contribution in [0.3, 0.4) is 0 Å². The first-order valence-corrected chi connectivity index (χ1v) is 4.38. The van der Waals surface area contributed by atoms with E-state index < -0.39 is 0 Å². The zero-order valence-electron chi connectivity index (χ0n) is 7.54. The van der Waals surface area contributed by atoms with Crippen molar-refractivity contribution in [3.63, 3.8) is 0 Å². The van der Waals surface area contributed by atoms with Crippen LogP contribution < -0.4 is 0 Å². The van der Waals surface area contributed by atoms with E-state index in [0.29, 0.717) is 0 Å². The van der Waals surface area contributed by atoms with Crippen LogP contribution in [0.25, 0.3) is 0 Å². The molecule has 0 spiro atoms. The highest BCUT2D eigenvalue weighted by Crippen LogP contribution is 1.97. The van der Waals surface area contributed by atoms with Crippen molar-refractivity contribution in [2.75, 3.05) is 0 Å². The lowest BCUT2D eigenvalue weighted by molar-refractivity contribution is 0.486. The highest BCUT2D eigenvalue weighted by molar-refractivity contribution is 4.74. The summed E-state index contributed by atoms with van der Waals surface area (Å²) in [5.41, 5.74) is 0. The summed E-state index contributed by atoms with van der Waals surface area (Å²) >= 11 is 0. The monoisotopic (exact) mass is 194 g/mol. The molecule has 2 aromatic heterocycles. The fourth-order valence-corrected chi connectivity index (χ4v) is 1.12. The molecule has 0 atom stereocenters. The van der Waals surface area contributed by atoms with E-state index in [0.717, 1.165) is 31.6 Å². The minimum atomic E-state index is 0.747. The molecule has 0 aliphatic heterocycles. The Balaban J connectivity index is 1.65. The van der Waals surface area contributed by atoms with Crippen molar-refractivity contribution >= 4 is 0 Å². The van der Waals surface area contributed by atoms with Crippen molar-refractivity contribution in [1.82, 2.24) is 40.8 Å². The molecule has 14 heavy (non-hydrogen) atoms. The molecular weight excluding hydrogens is 184 g/mol. The number of hydrogen-bond acceptors (Lipinski definition) is 6. The summed E-state index contributed by atoms with van der Waals surface area (Å²) in [7, 11) is 0. The van der Waals surface area contributed by atoms with Crippen molar-refractivity contribution < 1.29 is 0 Å². The highest BCUT2D eigenvalue weighted by Gasteiger charge is 1.98. The number of nitrogens with zero attached hydrogens (tertiary/aromatic N) is 7. The molecule has 74 valence electrons. The summed E-state index contributed by atoms with van der Waals surface area (Å²) < 4.78 is 0. The van der Waals surface area contributed by atoms with Crippen LogP contribution in [0.2, 0.25) is 0 Å². The van der Waals surface area contributed by atoms with Crippen molar-refractivity contribution in [1.29, 1.82) is 0 Å². The van der Waals surface area contributed by atoms with Gasteiger partial charge in [0.05, 0.1) is 6.54 Å². The number of aromatic nitrogens is 8. The molecule has 2 aromatic rings. The van der Waals surface area contributed by atoms with Crippen LogP contribution in [-0.2, 0) is 13.0 Å². The van der Waals surface area contributed by atoms with E-state index in [9.17, 15) is 0 Å². The van der Waals surface area contributed by atoms with Crippen molar-refractivity contribution in [3.8, 4) is 0 Å². The molecule has 8 heteroatoms. The average molecular weight is 194 g/mol.